The molecule has 4 aromatic carbocycles. The minimum absolute atomic E-state index is 0.189. The largest absolute Gasteiger partial charge is 0.481 e. The summed E-state index contributed by atoms with van der Waals surface area (Å²) in [7, 11) is 0. The molecule has 3 aliphatic rings. The number of piperidine rings is 1. The molecule has 0 unspecified atom stereocenters. The summed E-state index contributed by atoms with van der Waals surface area (Å²) in [5.41, 5.74) is 9.44. The first-order chi connectivity index (χ1) is 34.8. The van der Waals surface area contributed by atoms with E-state index in [1.807, 2.05) is 93.6 Å². The van der Waals surface area contributed by atoms with Crippen LogP contribution in [-0.2, 0) is 16.1 Å². The summed E-state index contributed by atoms with van der Waals surface area (Å²) in [6.07, 6.45) is 5.55. The number of ether oxygens (including phenoxy) is 2. The smallest absolute Gasteiger partial charge is 0.303 e. The number of nitrogens with zero attached hydrogens (tertiary/aromatic N) is 8. The fourth-order valence-electron chi connectivity index (χ4n) is 8.38. The molecule has 6 heterocycles. The van der Waals surface area contributed by atoms with Gasteiger partial charge in [0.2, 0.25) is 13.2 Å². The van der Waals surface area contributed by atoms with Crippen molar-refractivity contribution in [1.82, 2.24) is 45.8 Å². The molecule has 0 saturated carbocycles. The number of carbonyl (C=O) groups is 2. The number of rotatable bonds is 14. The molecule has 3 aliphatic heterocycles. The van der Waals surface area contributed by atoms with Gasteiger partial charge in [-0.3, -0.25) is 19.3 Å². The summed E-state index contributed by atoms with van der Waals surface area (Å²) < 4.78 is 10.9. The fraction of sp³-hybridized carbons (Fsp3) is 0.288. The van der Waals surface area contributed by atoms with Crippen molar-refractivity contribution in [2.24, 2.45) is 11.0 Å². The van der Waals surface area contributed by atoms with Gasteiger partial charge in [-0.05, 0) is 85.8 Å². The summed E-state index contributed by atoms with van der Waals surface area (Å²) in [5, 5.41) is 29.7. The Bertz CT molecular complexity index is 2990. The molecule has 7 aromatic rings. The van der Waals surface area contributed by atoms with Crippen LogP contribution in [0.1, 0.15) is 49.9 Å². The van der Waals surface area contributed by atoms with Crippen LogP contribution in [0.25, 0.3) is 33.7 Å². The zero-order valence-electron chi connectivity index (χ0n) is 39.9. The third kappa shape index (κ3) is 12.7. The van der Waals surface area contributed by atoms with E-state index < -0.39 is 5.97 Å². The number of hydrogen-bond acceptors (Lipinski definition) is 16. The molecule has 0 atom stereocenters. The second-order valence-corrected chi connectivity index (χ2v) is 16.7. The van der Waals surface area contributed by atoms with Crippen LogP contribution in [0.3, 0.4) is 0 Å². The van der Waals surface area contributed by atoms with Gasteiger partial charge >= 0.3 is 5.97 Å². The van der Waals surface area contributed by atoms with E-state index in [2.05, 4.69) is 85.7 Å². The van der Waals surface area contributed by atoms with Crippen molar-refractivity contribution in [3.63, 3.8) is 0 Å². The van der Waals surface area contributed by atoms with E-state index in [4.69, 9.17) is 19.6 Å². The Balaban J connectivity index is 0.000000184. The number of carbonyl (C=O) groups excluding carboxylic acids is 1. The molecule has 366 valence electrons. The van der Waals surface area contributed by atoms with E-state index >= 15 is 0 Å². The van der Waals surface area contributed by atoms with E-state index in [1.54, 1.807) is 0 Å². The quantitative estimate of drug-likeness (QED) is 0.0358. The topological polar surface area (TPSA) is 237 Å². The maximum absolute atomic E-state index is 12.6. The van der Waals surface area contributed by atoms with Gasteiger partial charge in [-0.15, -0.1) is 0 Å². The number of piperazine rings is 1. The lowest BCUT2D eigenvalue weighted by molar-refractivity contribution is -0.138. The molecular formula is C52H57N13O6. The fourth-order valence-corrected chi connectivity index (χ4v) is 8.38. The molecule has 6 N–H and O–H groups in total. The Kier molecular flexibility index (Phi) is 16.5. The second kappa shape index (κ2) is 23.8. The van der Waals surface area contributed by atoms with Crippen molar-refractivity contribution in [3.8, 4) is 34.3 Å². The average molecular weight is 960 g/mol. The molecule has 1 amide bonds. The Morgan fingerprint density at radius 2 is 1.49 bits per heavy atom. The first-order valence-electron chi connectivity index (χ1n) is 23.7. The van der Waals surface area contributed by atoms with Gasteiger partial charge < -0.3 is 35.4 Å². The van der Waals surface area contributed by atoms with Crippen molar-refractivity contribution in [2.75, 3.05) is 61.6 Å². The number of aromatic nitrogens is 6. The monoisotopic (exact) mass is 959 g/mol. The number of benzene rings is 4. The number of nitrogens with one attached hydrogen (secondary N) is 5. The highest BCUT2D eigenvalue weighted by molar-refractivity contribution is 5.91. The van der Waals surface area contributed by atoms with Crippen LogP contribution in [0.2, 0.25) is 0 Å². The highest BCUT2D eigenvalue weighted by atomic mass is 16.7. The first-order valence-corrected chi connectivity index (χ1v) is 23.7. The molecule has 0 spiro atoms. The molecule has 10 rings (SSSR count). The van der Waals surface area contributed by atoms with Crippen molar-refractivity contribution < 1.29 is 24.2 Å². The molecule has 71 heavy (non-hydrogen) atoms. The highest BCUT2D eigenvalue weighted by Crippen LogP contribution is 2.36. The third-order valence-corrected chi connectivity index (χ3v) is 12.1. The maximum Gasteiger partial charge on any atom is 0.303 e. The van der Waals surface area contributed by atoms with E-state index in [0.717, 1.165) is 92.4 Å². The number of amides is 1. The number of hydrogen-bond donors (Lipinski definition) is 6. The van der Waals surface area contributed by atoms with Crippen LogP contribution >= 0.6 is 0 Å². The number of aromatic amines is 1. The minimum atomic E-state index is -0.719. The number of aliphatic carboxylic acids is 1. The van der Waals surface area contributed by atoms with Crippen LogP contribution < -0.4 is 41.3 Å². The Labute approximate surface area is 410 Å². The van der Waals surface area contributed by atoms with Crippen molar-refractivity contribution in [3.05, 3.63) is 130 Å². The standard InChI is InChI=1S/C26H28N6O3.C24H23N7O3.C2H6/c1-18-23(16-27-28-17-33)30-26(20-5-3-2-4-6-20)31-25(18)29-21-7-9-22(10-8-21)32-13-11-19(12-14-32)15-24(34)35;32-24-21-18(12-26-30-24)28-22(16-3-6-19-20(11-16)34-14-33-19)29-23(21)27-17-4-1-15(2-5-17)13-31-9-7-25-8-10-31;1-2/h2-10,16-17,19H,11-15H2,1H3,(H,28,33)(H,34,35)(H,29,30,31);1-6,11-12,25H,7-10,13-14H2,(H,30,32)(H,27,28,29);1-2H3/b27-16-;;. The molecule has 0 aliphatic carbocycles. The summed E-state index contributed by atoms with van der Waals surface area (Å²) in [6, 6.07) is 31.5. The molecule has 19 nitrogen and oxygen atoms in total. The summed E-state index contributed by atoms with van der Waals surface area (Å²) >= 11 is 0. The first kappa shape index (κ1) is 49.1. The number of anilines is 5. The zero-order chi connectivity index (χ0) is 49.5. The highest BCUT2D eigenvalue weighted by Gasteiger charge is 2.22. The van der Waals surface area contributed by atoms with Gasteiger partial charge in [0, 0.05) is 86.0 Å². The number of carboxylic acids is 1. The van der Waals surface area contributed by atoms with Gasteiger partial charge in [0.1, 0.15) is 22.5 Å². The van der Waals surface area contributed by atoms with Gasteiger partial charge in [-0.1, -0.05) is 56.3 Å². The summed E-state index contributed by atoms with van der Waals surface area (Å²) in [5.74, 6) is 2.92. The second-order valence-electron chi connectivity index (χ2n) is 16.7. The van der Waals surface area contributed by atoms with E-state index in [-0.39, 0.29) is 24.7 Å². The predicted molar refractivity (Wildman–Crippen MR) is 275 cm³/mol. The number of hydrazone groups is 1. The molecule has 2 fully saturated rings. The van der Waals surface area contributed by atoms with E-state index in [1.165, 1.54) is 18.0 Å². The average Bonchev–Trinajstić information content (AvgIpc) is 3.88. The molecule has 2 saturated heterocycles. The minimum Gasteiger partial charge on any atom is -0.481 e. The van der Waals surface area contributed by atoms with Crippen molar-refractivity contribution in [1.29, 1.82) is 0 Å². The Morgan fingerprint density at radius 3 is 2.21 bits per heavy atom. The molecule has 0 radical (unpaired) electrons. The van der Waals surface area contributed by atoms with E-state index in [0.29, 0.717) is 57.8 Å². The number of H-pyrrole nitrogens is 1. The summed E-state index contributed by atoms with van der Waals surface area (Å²) in [6.45, 7) is 12.9. The van der Waals surface area contributed by atoms with Crippen LogP contribution in [0.4, 0.5) is 28.7 Å². The lowest BCUT2D eigenvalue weighted by Crippen LogP contribution is -2.42. The molecular weight excluding hydrogens is 903 g/mol. The lowest BCUT2D eigenvalue weighted by atomic mass is 9.93. The molecule has 0 bridgehead atoms. The zero-order valence-corrected chi connectivity index (χ0v) is 39.9. The lowest BCUT2D eigenvalue weighted by Gasteiger charge is -2.33. The Hall–Kier alpha value is -8.29. The van der Waals surface area contributed by atoms with Crippen LogP contribution in [-0.4, -0.2) is 105 Å². The van der Waals surface area contributed by atoms with Gasteiger partial charge in [0.15, 0.2) is 23.1 Å². The van der Waals surface area contributed by atoms with Crippen LogP contribution in [0.5, 0.6) is 11.5 Å². The van der Waals surface area contributed by atoms with E-state index in [9.17, 15) is 14.4 Å². The number of fused-ring (bicyclic) bond motifs is 2. The van der Waals surface area contributed by atoms with Crippen LogP contribution in [0, 0.1) is 12.8 Å². The predicted octanol–water partition coefficient (Wildman–Crippen LogP) is 7.25. The van der Waals surface area contributed by atoms with Crippen LogP contribution in [0.15, 0.2) is 113 Å². The van der Waals surface area contributed by atoms with Crippen molar-refractivity contribution >= 4 is 58.2 Å². The van der Waals surface area contributed by atoms with Gasteiger partial charge in [0.25, 0.3) is 5.56 Å². The summed E-state index contributed by atoms with van der Waals surface area (Å²) in [4.78, 5) is 57.5. The van der Waals surface area contributed by atoms with Gasteiger partial charge in [-0.2, -0.15) is 10.2 Å². The molecule has 3 aromatic heterocycles. The molecule has 19 heteroatoms. The van der Waals surface area contributed by atoms with Crippen molar-refractivity contribution in [2.45, 2.75) is 46.6 Å². The number of carboxylic acid groups (broad SMARTS) is 1. The Morgan fingerprint density at radius 1 is 0.817 bits per heavy atom. The normalized spacial score (nSPS) is 14.5. The van der Waals surface area contributed by atoms with Gasteiger partial charge in [-0.25, -0.2) is 30.5 Å². The SMILES string of the molecule is CC.Cc1c(/C=N\NC=O)nc(-c2ccccc2)nc1Nc1ccc(N2CCC(CC(=O)O)CC2)cc1.O=c1[nH]ncc2nc(-c3ccc4c(c3)OCO4)nc(Nc3ccc(CN4CCNCC4)cc3)c12. The third-order valence-electron chi connectivity index (χ3n) is 12.1. The van der Waals surface area contributed by atoms with Gasteiger partial charge in [0.05, 0.1) is 18.1 Å². The maximum atomic E-state index is 12.6.